The first-order chi connectivity index (χ1) is 17.4. The number of nitrogens with two attached hydrogens (primary N) is 1. The second-order valence-electron chi connectivity index (χ2n) is 9.52. The number of hydrogen-bond donors (Lipinski definition) is 1. The van der Waals surface area contributed by atoms with Gasteiger partial charge in [0.05, 0.1) is 29.6 Å². The second kappa shape index (κ2) is 9.42. The van der Waals surface area contributed by atoms with Gasteiger partial charge in [-0.25, -0.2) is 4.98 Å². The lowest BCUT2D eigenvalue weighted by molar-refractivity contribution is -0.156. The highest BCUT2D eigenvalue weighted by Gasteiger charge is 2.40. The average molecular weight is 481 g/mol. The summed E-state index contributed by atoms with van der Waals surface area (Å²) >= 11 is 0. The molecule has 0 bridgehead atoms. The highest BCUT2D eigenvalue weighted by molar-refractivity contribution is 5.80. The molecule has 1 fully saturated rings. The molecule has 0 unspecified atom stereocenters. The number of carbonyl (C=O) groups is 1. The first-order valence-electron chi connectivity index (χ1n) is 12.2. The maximum Gasteiger partial charge on any atom is 0.311 e. The van der Waals surface area contributed by atoms with Crippen LogP contribution in [0.5, 0.6) is 0 Å². The minimum atomic E-state index is -0.511. The third-order valence-corrected chi connectivity index (χ3v) is 7.21. The summed E-state index contributed by atoms with van der Waals surface area (Å²) in [7, 11) is 0. The van der Waals surface area contributed by atoms with E-state index in [1.54, 1.807) is 12.4 Å². The maximum atomic E-state index is 12.5. The Labute approximate surface area is 209 Å². The van der Waals surface area contributed by atoms with Crippen molar-refractivity contribution in [2.24, 2.45) is 5.41 Å². The molecule has 3 aromatic heterocycles. The fourth-order valence-corrected chi connectivity index (χ4v) is 5.02. The maximum absolute atomic E-state index is 12.5. The molecule has 4 aromatic rings. The van der Waals surface area contributed by atoms with Crippen molar-refractivity contribution >= 4 is 17.4 Å². The van der Waals surface area contributed by atoms with Crippen molar-refractivity contribution in [3.8, 4) is 28.5 Å². The van der Waals surface area contributed by atoms with Crippen LogP contribution in [0, 0.1) is 16.7 Å². The molecule has 8 heteroatoms. The Morgan fingerprint density at radius 1 is 1.17 bits per heavy atom. The smallest absolute Gasteiger partial charge is 0.311 e. The van der Waals surface area contributed by atoms with Crippen LogP contribution < -0.4 is 5.73 Å². The molecular formula is C28H28N6O2. The molecule has 0 saturated heterocycles. The van der Waals surface area contributed by atoms with Gasteiger partial charge in [0, 0.05) is 28.8 Å². The van der Waals surface area contributed by atoms with Crippen LogP contribution in [-0.4, -0.2) is 32.2 Å². The van der Waals surface area contributed by atoms with Crippen LogP contribution in [0.2, 0.25) is 0 Å². The van der Waals surface area contributed by atoms with E-state index in [-0.39, 0.29) is 17.7 Å². The zero-order valence-electron chi connectivity index (χ0n) is 20.4. The normalized spacial score (nSPS) is 19.6. The zero-order valence-corrected chi connectivity index (χ0v) is 20.4. The Hall–Kier alpha value is -4.25. The highest BCUT2D eigenvalue weighted by Crippen LogP contribution is 2.44. The first kappa shape index (κ1) is 23.5. The molecule has 5 rings (SSSR count). The van der Waals surface area contributed by atoms with Gasteiger partial charge in [0.1, 0.15) is 17.5 Å². The summed E-state index contributed by atoms with van der Waals surface area (Å²) in [4.78, 5) is 22.0. The average Bonchev–Trinajstić information content (AvgIpc) is 3.34. The van der Waals surface area contributed by atoms with Crippen LogP contribution >= 0.6 is 0 Å². The van der Waals surface area contributed by atoms with Crippen molar-refractivity contribution in [1.82, 2.24) is 19.6 Å². The van der Waals surface area contributed by atoms with E-state index in [9.17, 15) is 10.1 Å². The minimum Gasteiger partial charge on any atom is -0.466 e. The van der Waals surface area contributed by atoms with E-state index in [4.69, 9.17) is 15.5 Å². The molecule has 0 spiro atoms. The number of benzene rings is 1. The third kappa shape index (κ3) is 4.07. The lowest BCUT2D eigenvalue weighted by atomic mass is 9.70. The van der Waals surface area contributed by atoms with Gasteiger partial charge in [-0.15, -0.1) is 0 Å². The minimum absolute atomic E-state index is 0.0239. The molecule has 0 atom stereocenters. The standard InChI is InChI=1S/C28H28N6O2/c1-3-36-27(35)28(2)13-11-19(12-14-28)24-21(15-29)25(30)34-26(33-24)22(17-32-34)20-9-10-23(31-16-20)18-7-5-4-6-8-18/h4-10,16-17,19H,3,11-14,30H2,1-2H3/t19-,28-. The number of pyridine rings is 1. The predicted molar refractivity (Wildman–Crippen MR) is 137 cm³/mol. The molecule has 0 radical (unpaired) electrons. The number of ether oxygens (including phenoxy) is 1. The molecular weight excluding hydrogens is 452 g/mol. The number of anilines is 1. The quantitative estimate of drug-likeness (QED) is 0.393. The molecule has 1 aliphatic rings. The van der Waals surface area contributed by atoms with Gasteiger partial charge in [0.2, 0.25) is 0 Å². The molecule has 1 aromatic carbocycles. The summed E-state index contributed by atoms with van der Waals surface area (Å²) in [5.41, 5.74) is 11.1. The molecule has 2 N–H and O–H groups in total. The van der Waals surface area contributed by atoms with Crippen molar-refractivity contribution in [3.05, 3.63) is 66.1 Å². The number of nitrogens with zero attached hydrogens (tertiary/aromatic N) is 5. The van der Waals surface area contributed by atoms with E-state index in [0.717, 1.165) is 35.2 Å². The number of rotatable bonds is 5. The van der Waals surface area contributed by atoms with Gasteiger partial charge in [0.25, 0.3) is 0 Å². The van der Waals surface area contributed by atoms with Gasteiger partial charge in [-0.2, -0.15) is 14.9 Å². The molecule has 36 heavy (non-hydrogen) atoms. The molecule has 182 valence electrons. The van der Waals surface area contributed by atoms with Crippen molar-refractivity contribution in [2.75, 3.05) is 12.3 Å². The summed E-state index contributed by atoms with van der Waals surface area (Å²) in [6.07, 6.45) is 6.31. The molecule has 0 aliphatic heterocycles. The van der Waals surface area contributed by atoms with Gasteiger partial charge < -0.3 is 10.5 Å². The van der Waals surface area contributed by atoms with Crippen LogP contribution in [-0.2, 0) is 9.53 Å². The summed E-state index contributed by atoms with van der Waals surface area (Å²) in [5, 5.41) is 14.3. The van der Waals surface area contributed by atoms with Gasteiger partial charge in [-0.3, -0.25) is 9.78 Å². The predicted octanol–water partition coefficient (Wildman–Crippen LogP) is 5.14. The fraction of sp³-hybridized carbons (Fsp3) is 0.321. The van der Waals surface area contributed by atoms with Gasteiger partial charge in [-0.05, 0) is 45.6 Å². The van der Waals surface area contributed by atoms with Crippen molar-refractivity contribution in [3.63, 3.8) is 0 Å². The zero-order chi connectivity index (χ0) is 25.3. The number of hydrogen-bond acceptors (Lipinski definition) is 7. The molecule has 0 amide bonds. The Kier molecular flexibility index (Phi) is 6.15. The van der Waals surface area contributed by atoms with E-state index < -0.39 is 5.41 Å². The van der Waals surface area contributed by atoms with Gasteiger partial charge in [-0.1, -0.05) is 36.4 Å². The number of nitrogen functional groups attached to an aromatic ring is 1. The van der Waals surface area contributed by atoms with Crippen LogP contribution in [0.15, 0.2) is 54.9 Å². The first-order valence-corrected chi connectivity index (χ1v) is 12.2. The van der Waals surface area contributed by atoms with E-state index in [0.29, 0.717) is 36.4 Å². The lowest BCUT2D eigenvalue weighted by Crippen LogP contribution is -2.34. The van der Waals surface area contributed by atoms with Crippen LogP contribution in [0.25, 0.3) is 28.0 Å². The van der Waals surface area contributed by atoms with E-state index >= 15 is 0 Å². The van der Waals surface area contributed by atoms with Crippen LogP contribution in [0.4, 0.5) is 5.82 Å². The lowest BCUT2D eigenvalue weighted by Gasteiger charge is -2.35. The highest BCUT2D eigenvalue weighted by atomic mass is 16.5. The van der Waals surface area contributed by atoms with Crippen LogP contribution in [0.3, 0.4) is 0 Å². The topological polar surface area (TPSA) is 119 Å². The van der Waals surface area contributed by atoms with E-state index in [1.807, 2.05) is 56.3 Å². The summed E-state index contributed by atoms with van der Waals surface area (Å²) in [6, 6.07) is 16.2. The Morgan fingerprint density at radius 2 is 1.92 bits per heavy atom. The number of fused-ring (bicyclic) bond motifs is 1. The van der Waals surface area contributed by atoms with Crippen molar-refractivity contribution in [2.45, 2.75) is 45.4 Å². The molecule has 3 heterocycles. The summed E-state index contributed by atoms with van der Waals surface area (Å²) < 4.78 is 6.82. The monoisotopic (exact) mass is 480 g/mol. The fourth-order valence-electron chi connectivity index (χ4n) is 5.02. The summed E-state index contributed by atoms with van der Waals surface area (Å²) in [5.74, 6) is 0.142. The number of carbonyl (C=O) groups excluding carboxylic acids is 1. The van der Waals surface area contributed by atoms with E-state index in [1.165, 1.54) is 4.52 Å². The number of aromatic nitrogens is 4. The molecule has 8 nitrogen and oxygen atoms in total. The van der Waals surface area contributed by atoms with Crippen molar-refractivity contribution in [1.29, 1.82) is 5.26 Å². The Bertz CT molecular complexity index is 1450. The molecule has 1 saturated carbocycles. The largest absolute Gasteiger partial charge is 0.466 e. The SMILES string of the molecule is CCOC(=O)[C@]1(C)CC[C@@H](c2nc3c(-c4ccc(-c5ccccc5)nc4)cnn3c(N)c2C#N)CC1. The number of nitriles is 1. The Morgan fingerprint density at radius 3 is 2.56 bits per heavy atom. The summed E-state index contributed by atoms with van der Waals surface area (Å²) in [6.45, 7) is 4.15. The van der Waals surface area contributed by atoms with E-state index in [2.05, 4.69) is 16.2 Å². The van der Waals surface area contributed by atoms with Crippen LogP contribution in [0.1, 0.15) is 56.7 Å². The number of esters is 1. The molecule has 1 aliphatic carbocycles. The Balaban J connectivity index is 1.49. The third-order valence-electron chi connectivity index (χ3n) is 7.21. The van der Waals surface area contributed by atoms with Gasteiger partial charge in [0.15, 0.2) is 5.65 Å². The second-order valence-corrected chi connectivity index (χ2v) is 9.52. The van der Waals surface area contributed by atoms with Crippen molar-refractivity contribution < 1.29 is 9.53 Å². The van der Waals surface area contributed by atoms with Gasteiger partial charge >= 0.3 is 5.97 Å².